The molecule has 3 nitrogen and oxygen atoms in total. The summed E-state index contributed by atoms with van der Waals surface area (Å²) in [6.07, 6.45) is 2.05. The lowest BCUT2D eigenvalue weighted by molar-refractivity contribution is -0.133. The zero-order valence-electron chi connectivity index (χ0n) is 6.05. The third-order valence-electron chi connectivity index (χ3n) is 1.95. The van der Waals surface area contributed by atoms with E-state index in [1.807, 2.05) is 0 Å². The lowest BCUT2D eigenvalue weighted by atomic mass is 9.87. The highest BCUT2D eigenvalue weighted by molar-refractivity contribution is 6.33. The Hall–Kier alpha value is -0.570. The number of ketones is 1. The first-order chi connectivity index (χ1) is 5.13. The Bertz CT molecular complexity index is 193. The third kappa shape index (κ3) is 1.71. The van der Waals surface area contributed by atoms with Crippen LogP contribution in [0.4, 0.5) is 0 Å². The van der Waals surface area contributed by atoms with Crippen molar-refractivity contribution < 1.29 is 9.59 Å². The quantitative estimate of drug-likeness (QED) is 0.465. The molecule has 1 rings (SSSR count). The molecule has 1 fully saturated rings. The molecule has 1 saturated carbocycles. The highest BCUT2D eigenvalue weighted by atomic mass is 35.5. The smallest absolute Gasteiger partial charge is 0.228 e. The highest BCUT2D eigenvalue weighted by Gasteiger charge is 2.33. The maximum atomic E-state index is 11.1. The predicted molar refractivity (Wildman–Crippen MR) is 41.2 cm³/mol. The van der Waals surface area contributed by atoms with Gasteiger partial charge in [0, 0.05) is 0 Å². The summed E-state index contributed by atoms with van der Waals surface area (Å²) in [5.74, 6) is -1.38. The number of alkyl halides is 1. The van der Waals surface area contributed by atoms with E-state index in [0.717, 1.165) is 6.42 Å². The van der Waals surface area contributed by atoms with Crippen LogP contribution in [-0.2, 0) is 9.59 Å². The molecule has 0 saturated heterocycles. The van der Waals surface area contributed by atoms with Crippen molar-refractivity contribution in [3.8, 4) is 0 Å². The predicted octanol–water partition coefficient (Wildman–Crippen LogP) is 0.448. The van der Waals surface area contributed by atoms with Gasteiger partial charge in [-0.25, -0.2) is 0 Å². The average molecular weight is 176 g/mol. The molecular formula is C7H10ClNO2. The van der Waals surface area contributed by atoms with Gasteiger partial charge in [0.05, 0.1) is 11.3 Å². The first-order valence-corrected chi connectivity index (χ1v) is 4.03. The minimum atomic E-state index is -0.633. The first-order valence-electron chi connectivity index (χ1n) is 3.60. The molecule has 2 N–H and O–H groups in total. The maximum absolute atomic E-state index is 11.1. The molecule has 0 aromatic heterocycles. The van der Waals surface area contributed by atoms with Gasteiger partial charge in [-0.2, -0.15) is 0 Å². The fourth-order valence-corrected chi connectivity index (χ4v) is 1.59. The average Bonchev–Trinajstić information content (AvgIpc) is 1.94. The number of primary amides is 1. The second-order valence-corrected chi connectivity index (χ2v) is 3.28. The molecule has 1 aliphatic rings. The summed E-state index contributed by atoms with van der Waals surface area (Å²) >= 11 is 5.65. The molecule has 1 aliphatic carbocycles. The normalized spacial score (nSPS) is 31.9. The van der Waals surface area contributed by atoms with E-state index in [0.29, 0.717) is 12.8 Å². The zero-order chi connectivity index (χ0) is 8.43. The van der Waals surface area contributed by atoms with Crippen molar-refractivity contribution in [3.05, 3.63) is 0 Å². The van der Waals surface area contributed by atoms with E-state index in [-0.39, 0.29) is 5.78 Å². The molecule has 11 heavy (non-hydrogen) atoms. The van der Waals surface area contributed by atoms with Crippen molar-refractivity contribution in [2.24, 2.45) is 11.7 Å². The Morgan fingerprint density at radius 3 is 2.64 bits per heavy atom. The second-order valence-electron chi connectivity index (χ2n) is 2.76. The summed E-state index contributed by atoms with van der Waals surface area (Å²) in [5, 5.41) is -0.499. The maximum Gasteiger partial charge on any atom is 0.228 e. The molecule has 0 bridgehead atoms. The van der Waals surface area contributed by atoms with Crippen molar-refractivity contribution in [1.29, 1.82) is 0 Å². The van der Waals surface area contributed by atoms with Gasteiger partial charge in [-0.3, -0.25) is 9.59 Å². The molecule has 4 heteroatoms. The lowest BCUT2D eigenvalue weighted by Crippen LogP contribution is -2.38. The zero-order valence-corrected chi connectivity index (χ0v) is 6.80. The van der Waals surface area contributed by atoms with Crippen LogP contribution in [-0.4, -0.2) is 17.1 Å². The van der Waals surface area contributed by atoms with E-state index in [2.05, 4.69) is 0 Å². The lowest BCUT2D eigenvalue weighted by Gasteiger charge is -2.20. The fraction of sp³-hybridized carbons (Fsp3) is 0.714. The van der Waals surface area contributed by atoms with E-state index >= 15 is 0 Å². The molecule has 0 spiro atoms. The van der Waals surface area contributed by atoms with Gasteiger partial charge in [0.25, 0.3) is 0 Å². The number of nitrogens with two attached hydrogens (primary N) is 1. The van der Waals surface area contributed by atoms with Crippen molar-refractivity contribution in [3.63, 3.8) is 0 Å². The van der Waals surface area contributed by atoms with Crippen LogP contribution in [0.1, 0.15) is 19.3 Å². The number of carbonyl (C=O) groups excluding carboxylic acids is 2. The number of rotatable bonds is 1. The van der Waals surface area contributed by atoms with Crippen LogP contribution in [0.15, 0.2) is 0 Å². The van der Waals surface area contributed by atoms with Gasteiger partial charge in [-0.1, -0.05) is 6.42 Å². The van der Waals surface area contributed by atoms with E-state index in [1.165, 1.54) is 0 Å². The Morgan fingerprint density at radius 1 is 1.55 bits per heavy atom. The minimum absolute atomic E-state index is 0.203. The van der Waals surface area contributed by atoms with Crippen LogP contribution in [0, 0.1) is 5.92 Å². The van der Waals surface area contributed by atoms with Crippen LogP contribution >= 0.6 is 11.6 Å². The minimum Gasteiger partial charge on any atom is -0.369 e. The number of hydrogen-bond donors (Lipinski definition) is 1. The van der Waals surface area contributed by atoms with Crippen molar-refractivity contribution in [1.82, 2.24) is 0 Å². The van der Waals surface area contributed by atoms with E-state index < -0.39 is 17.2 Å². The number of hydrogen-bond acceptors (Lipinski definition) is 2. The molecule has 0 aliphatic heterocycles. The van der Waals surface area contributed by atoms with Gasteiger partial charge in [-0.15, -0.1) is 11.6 Å². The molecular weight excluding hydrogens is 166 g/mol. The van der Waals surface area contributed by atoms with Crippen LogP contribution in [0.25, 0.3) is 0 Å². The Kier molecular flexibility index (Phi) is 2.49. The van der Waals surface area contributed by atoms with Crippen LogP contribution in [0.2, 0.25) is 0 Å². The van der Waals surface area contributed by atoms with Crippen LogP contribution in [0.3, 0.4) is 0 Å². The van der Waals surface area contributed by atoms with Crippen molar-refractivity contribution in [2.45, 2.75) is 24.6 Å². The molecule has 0 aromatic carbocycles. The summed E-state index contributed by atoms with van der Waals surface area (Å²) in [7, 11) is 0. The number of halogens is 1. The van der Waals surface area contributed by atoms with Crippen LogP contribution in [0.5, 0.6) is 0 Å². The molecule has 0 heterocycles. The van der Waals surface area contributed by atoms with Crippen molar-refractivity contribution in [2.75, 3.05) is 0 Å². The topological polar surface area (TPSA) is 60.2 Å². The Labute approximate surface area is 69.9 Å². The van der Waals surface area contributed by atoms with E-state index in [4.69, 9.17) is 17.3 Å². The monoisotopic (exact) mass is 175 g/mol. The van der Waals surface area contributed by atoms with Gasteiger partial charge in [0.15, 0.2) is 5.78 Å². The number of amides is 1. The summed E-state index contributed by atoms with van der Waals surface area (Å²) in [6, 6.07) is 0. The van der Waals surface area contributed by atoms with E-state index in [1.54, 1.807) is 0 Å². The fourth-order valence-electron chi connectivity index (χ4n) is 1.29. The van der Waals surface area contributed by atoms with Gasteiger partial charge >= 0.3 is 0 Å². The third-order valence-corrected chi connectivity index (χ3v) is 2.38. The molecule has 1 amide bonds. The Balaban J connectivity index is 2.66. The number of carbonyl (C=O) groups is 2. The van der Waals surface area contributed by atoms with Gasteiger partial charge < -0.3 is 5.73 Å². The second kappa shape index (κ2) is 3.22. The molecule has 0 aromatic rings. The van der Waals surface area contributed by atoms with Gasteiger partial charge in [0.1, 0.15) is 0 Å². The first kappa shape index (κ1) is 8.53. The summed E-state index contributed by atoms with van der Waals surface area (Å²) < 4.78 is 0. The van der Waals surface area contributed by atoms with Gasteiger partial charge in [-0.05, 0) is 12.8 Å². The number of Topliss-reactive ketones (excluding diaryl/α,β-unsaturated/α-hetero) is 1. The molecule has 2 atom stereocenters. The molecule has 62 valence electrons. The van der Waals surface area contributed by atoms with Gasteiger partial charge in [0.2, 0.25) is 5.91 Å². The highest BCUT2D eigenvalue weighted by Crippen LogP contribution is 2.24. The SMILES string of the molecule is NC(=O)C1CCCC(Cl)C1=O. The van der Waals surface area contributed by atoms with Crippen LogP contribution < -0.4 is 5.73 Å². The summed E-state index contributed by atoms with van der Waals surface area (Å²) in [5.41, 5.74) is 5.00. The molecule has 0 radical (unpaired) electrons. The largest absolute Gasteiger partial charge is 0.369 e. The summed E-state index contributed by atoms with van der Waals surface area (Å²) in [4.78, 5) is 21.8. The standard InChI is InChI=1S/C7H10ClNO2/c8-5-3-1-2-4(6(5)10)7(9)11/h4-5H,1-3H2,(H2,9,11). The van der Waals surface area contributed by atoms with E-state index in [9.17, 15) is 9.59 Å². The summed E-state index contributed by atoms with van der Waals surface area (Å²) in [6.45, 7) is 0. The Morgan fingerprint density at radius 2 is 2.18 bits per heavy atom. The molecule has 2 unspecified atom stereocenters. The van der Waals surface area contributed by atoms with Crippen molar-refractivity contribution >= 4 is 23.3 Å².